The molecule has 14 heteroatoms. The molecule has 6 aromatic heterocycles. The molecule has 308 valence electrons. The van der Waals surface area contributed by atoms with Crippen molar-refractivity contribution in [2.45, 2.75) is 104 Å². The fraction of sp³-hybridized carbons (Fsp3) is 0.364. The molecular formula is C44H48N12Pt2-4. The fourth-order valence-corrected chi connectivity index (χ4v) is 10.3. The minimum absolute atomic E-state index is 0.0982. The molecule has 58 heavy (non-hydrogen) atoms. The standard InChI is InChI=1S/2C22H24N6.2Pt/c2*1-17-15-18(26-25-17)9-7-8-12-22(2,3)28-16-27(19-10-5-4-6-11-19)20-21(28)24-14-13-23-20;;/h2*4-6,10,13-15H,7-9,12H2,1-3H3;;/q2*-2;;. The number of aromatic nitrogens is 12. The summed E-state index contributed by atoms with van der Waals surface area (Å²) in [5, 5.41) is 16.6. The van der Waals surface area contributed by atoms with Crippen molar-refractivity contribution in [2.24, 2.45) is 0 Å². The molecule has 0 saturated heterocycles. The van der Waals surface area contributed by atoms with Gasteiger partial charge in [0.25, 0.3) is 0 Å². The monoisotopic (exact) mass is 1130 g/mol. The van der Waals surface area contributed by atoms with Gasteiger partial charge in [-0.25, -0.2) is 0 Å². The first-order valence-electron chi connectivity index (χ1n) is 19.6. The summed E-state index contributed by atoms with van der Waals surface area (Å²) in [6.45, 7) is 13.1. The molecule has 0 aliphatic carbocycles. The van der Waals surface area contributed by atoms with Crippen LogP contribution in [-0.4, -0.2) is 48.4 Å². The molecule has 12 nitrogen and oxygen atoms in total. The maximum absolute atomic E-state index is 4.68. The van der Waals surface area contributed by atoms with Crippen molar-refractivity contribution < 1.29 is 38.7 Å². The number of hydrogen-bond acceptors (Lipinski definition) is 6. The molecule has 0 saturated carbocycles. The number of imidazole rings is 2. The zero-order chi connectivity index (χ0) is 40.9. The number of fused-ring (bicyclic) bond motifs is 2. The van der Waals surface area contributed by atoms with Crippen LogP contribution in [0.25, 0.3) is 34.0 Å². The summed E-state index contributed by atoms with van der Waals surface area (Å²) in [4.78, 5) is 18.6. The predicted molar refractivity (Wildman–Crippen MR) is 216 cm³/mol. The van der Waals surface area contributed by atoms with Gasteiger partial charge in [-0.15, -0.1) is 0 Å². The van der Waals surface area contributed by atoms with Crippen molar-refractivity contribution in [2.75, 3.05) is 0 Å². The van der Waals surface area contributed by atoms with Gasteiger partial charge in [-0.3, -0.25) is 0 Å². The van der Waals surface area contributed by atoms with Gasteiger partial charge in [0.2, 0.25) is 0 Å². The van der Waals surface area contributed by atoms with Crippen molar-refractivity contribution in [3.63, 3.8) is 0 Å². The van der Waals surface area contributed by atoms with Crippen LogP contribution in [0.4, 0.5) is 0 Å². The van der Waals surface area contributed by atoms with E-state index in [2.05, 4.69) is 161 Å². The van der Waals surface area contributed by atoms with Crippen LogP contribution in [-0.2, 0) is 62.6 Å². The number of rotatable bonds is 14. The summed E-state index contributed by atoms with van der Waals surface area (Å²) in [6.07, 6.45) is 15.4. The van der Waals surface area contributed by atoms with Crippen LogP contribution in [0, 0.1) is 33.6 Å². The van der Waals surface area contributed by atoms with Gasteiger partial charge in [-0.05, 0) is 0 Å². The minimum atomic E-state index is -0.0982. The Morgan fingerprint density at radius 3 is 1.31 bits per heavy atom. The molecule has 0 fully saturated rings. The molecule has 0 bridgehead atoms. The third-order valence-corrected chi connectivity index (χ3v) is 12.3. The van der Waals surface area contributed by atoms with E-state index in [-0.39, 0.29) is 11.1 Å². The molecule has 0 atom stereocenters. The average molecular weight is 1140 g/mol. The number of nitrogens with zero attached hydrogens (tertiary/aromatic N) is 12. The van der Waals surface area contributed by atoms with Crippen molar-refractivity contribution in [1.82, 2.24) is 58.6 Å². The van der Waals surface area contributed by atoms with Crippen LogP contribution < -0.4 is 10.2 Å². The number of aryl methyl sites for hydroxylation is 4. The summed E-state index contributed by atoms with van der Waals surface area (Å²) >= 11 is 4.77. The SMILES string of the molecule is Cc1cc(CCCCC(C)(C)n2[c](=[Pt])n(-c3[c-]cccc3)c3nccnc32)n[n-]1.Cc1cc(CCCCC(C)(C)n2[c](=[Pt])n(-c3[c-]cccc3)c3nccnc32)n[n-]1. The van der Waals surface area contributed by atoms with Crippen LogP contribution in [0.5, 0.6) is 0 Å². The summed E-state index contributed by atoms with van der Waals surface area (Å²) in [5.41, 5.74) is 9.43. The predicted octanol–water partition coefficient (Wildman–Crippen LogP) is 7.82. The Balaban J connectivity index is 0.000000177. The first-order valence-corrected chi connectivity index (χ1v) is 21.9. The van der Waals surface area contributed by atoms with E-state index in [0.29, 0.717) is 0 Å². The van der Waals surface area contributed by atoms with Gasteiger partial charge in [0.15, 0.2) is 0 Å². The third-order valence-electron chi connectivity index (χ3n) is 10.3. The van der Waals surface area contributed by atoms with E-state index in [1.807, 2.05) is 50.2 Å². The first-order chi connectivity index (χ1) is 27.9. The molecule has 0 aliphatic rings. The molecule has 8 aromatic rings. The van der Waals surface area contributed by atoms with Crippen LogP contribution in [0.1, 0.15) is 89.0 Å². The van der Waals surface area contributed by atoms with Crippen LogP contribution in [0.3, 0.4) is 0 Å². The molecule has 0 radical (unpaired) electrons. The molecule has 0 spiro atoms. The molecule has 0 N–H and O–H groups in total. The number of hydrogen-bond donors (Lipinski definition) is 0. The van der Waals surface area contributed by atoms with E-state index in [4.69, 9.17) is 0 Å². The van der Waals surface area contributed by atoms with E-state index >= 15 is 0 Å². The van der Waals surface area contributed by atoms with Gasteiger partial charge < -0.3 is 0 Å². The number of unbranched alkanes of at least 4 members (excludes halogenated alkanes) is 2. The van der Waals surface area contributed by atoms with Gasteiger partial charge in [-0.1, -0.05) is 0 Å². The normalized spacial score (nSPS) is 12.0. The summed E-state index contributed by atoms with van der Waals surface area (Å²) in [7, 11) is 0. The van der Waals surface area contributed by atoms with E-state index in [9.17, 15) is 0 Å². The van der Waals surface area contributed by atoms with Gasteiger partial charge in [-0.2, -0.15) is 0 Å². The zero-order valence-electron chi connectivity index (χ0n) is 33.7. The Labute approximate surface area is 361 Å². The molecule has 2 aromatic carbocycles. The van der Waals surface area contributed by atoms with Gasteiger partial charge in [0.05, 0.1) is 0 Å². The van der Waals surface area contributed by atoms with Crippen molar-refractivity contribution in [1.29, 1.82) is 0 Å². The number of benzene rings is 2. The van der Waals surface area contributed by atoms with E-state index in [1.54, 1.807) is 24.8 Å². The van der Waals surface area contributed by atoms with E-state index in [1.165, 1.54) is 0 Å². The molecule has 0 amide bonds. The van der Waals surface area contributed by atoms with E-state index < -0.39 is 0 Å². The third kappa shape index (κ3) is 9.13. The second-order valence-electron chi connectivity index (χ2n) is 15.7. The van der Waals surface area contributed by atoms with Gasteiger partial charge in [0.1, 0.15) is 0 Å². The molecule has 0 unspecified atom stereocenters. The van der Waals surface area contributed by atoms with Crippen molar-refractivity contribution >= 4 is 22.6 Å². The molecule has 8 rings (SSSR count). The fourth-order valence-electron chi connectivity index (χ4n) is 7.37. The van der Waals surface area contributed by atoms with Crippen LogP contribution in [0.15, 0.2) is 85.5 Å². The second kappa shape index (κ2) is 18.1. The quantitative estimate of drug-likeness (QED) is 0.0798. The summed E-state index contributed by atoms with van der Waals surface area (Å²) in [5.74, 6) is 0. The molecule has 6 heterocycles. The maximum atomic E-state index is 4.68. The topological polar surface area (TPSA) is 125 Å². The van der Waals surface area contributed by atoms with Crippen molar-refractivity contribution in [3.05, 3.63) is 128 Å². The Morgan fingerprint density at radius 2 is 0.966 bits per heavy atom. The molecular weight excluding hydrogens is 1090 g/mol. The zero-order valence-corrected chi connectivity index (χ0v) is 38.3. The second-order valence-corrected chi connectivity index (χ2v) is 17.8. The van der Waals surface area contributed by atoms with Crippen LogP contribution >= 0.6 is 0 Å². The van der Waals surface area contributed by atoms with Crippen LogP contribution in [0.2, 0.25) is 0 Å². The Hall–Kier alpha value is -4.66. The Morgan fingerprint density at radius 1 is 0.569 bits per heavy atom. The van der Waals surface area contributed by atoms with Gasteiger partial charge in [0, 0.05) is 0 Å². The average Bonchev–Trinajstić information content (AvgIpc) is 3.98. The Bertz CT molecular complexity index is 2530. The Kier molecular flexibility index (Phi) is 12.9. The molecule has 0 aliphatic heterocycles. The first kappa shape index (κ1) is 41.5. The van der Waals surface area contributed by atoms with Crippen molar-refractivity contribution in [3.8, 4) is 11.4 Å². The summed E-state index contributed by atoms with van der Waals surface area (Å²) in [6, 6.07) is 26.7. The number of para-hydroxylation sites is 2. The van der Waals surface area contributed by atoms with Gasteiger partial charge >= 0.3 is 363 Å². The van der Waals surface area contributed by atoms with E-state index in [0.717, 1.165) is 116 Å². The summed E-state index contributed by atoms with van der Waals surface area (Å²) < 4.78 is 11.0.